The van der Waals surface area contributed by atoms with Crippen LogP contribution in [0.5, 0.6) is 0 Å². The monoisotopic (exact) mass is 142 g/mol. The first-order valence-electron chi connectivity index (χ1n) is 3.75. The summed E-state index contributed by atoms with van der Waals surface area (Å²) in [4.78, 5) is 10.9. The van der Waals surface area contributed by atoms with E-state index in [-0.39, 0.29) is 11.7 Å². The summed E-state index contributed by atoms with van der Waals surface area (Å²) in [5, 5.41) is 0. The number of rotatable bonds is 4. The van der Waals surface area contributed by atoms with Crippen molar-refractivity contribution in [1.29, 1.82) is 0 Å². The molecule has 10 heavy (non-hydrogen) atoms. The standard InChI is InChI=1S/C8H14O2/c1-6(9)8(5-10-2)7-3-4-7/h7-8H,3-5H2,1-2H3. The molecule has 0 spiro atoms. The van der Waals surface area contributed by atoms with Crippen LogP contribution in [0.3, 0.4) is 0 Å². The maximum atomic E-state index is 10.9. The van der Waals surface area contributed by atoms with E-state index in [1.807, 2.05) is 0 Å². The topological polar surface area (TPSA) is 26.3 Å². The van der Waals surface area contributed by atoms with E-state index >= 15 is 0 Å². The second-order valence-corrected chi connectivity index (χ2v) is 3.01. The predicted molar refractivity (Wildman–Crippen MR) is 38.8 cm³/mol. The van der Waals surface area contributed by atoms with Gasteiger partial charge >= 0.3 is 0 Å². The van der Waals surface area contributed by atoms with E-state index in [4.69, 9.17) is 4.74 Å². The number of Topliss-reactive ketones (excluding diaryl/α,β-unsaturated/α-hetero) is 1. The lowest BCUT2D eigenvalue weighted by molar-refractivity contribution is -0.123. The maximum absolute atomic E-state index is 10.9. The molecule has 0 radical (unpaired) electrons. The third-order valence-corrected chi connectivity index (χ3v) is 2.06. The van der Waals surface area contributed by atoms with E-state index in [0.717, 1.165) is 0 Å². The van der Waals surface area contributed by atoms with Crippen LogP contribution in [-0.4, -0.2) is 19.5 Å². The van der Waals surface area contributed by atoms with Crippen LogP contribution in [0.25, 0.3) is 0 Å². The normalized spacial score (nSPS) is 20.6. The van der Waals surface area contributed by atoms with Crippen LogP contribution < -0.4 is 0 Å². The highest BCUT2D eigenvalue weighted by atomic mass is 16.5. The van der Waals surface area contributed by atoms with Gasteiger partial charge in [0.25, 0.3) is 0 Å². The molecular formula is C8H14O2. The smallest absolute Gasteiger partial charge is 0.135 e. The fourth-order valence-corrected chi connectivity index (χ4v) is 1.26. The van der Waals surface area contributed by atoms with Crippen molar-refractivity contribution in [2.75, 3.05) is 13.7 Å². The van der Waals surface area contributed by atoms with Gasteiger partial charge in [0.15, 0.2) is 0 Å². The Morgan fingerprint density at radius 2 is 2.30 bits per heavy atom. The molecule has 0 aromatic carbocycles. The summed E-state index contributed by atoms with van der Waals surface area (Å²) in [6, 6.07) is 0. The molecule has 1 rings (SSSR count). The van der Waals surface area contributed by atoms with Crippen LogP contribution in [-0.2, 0) is 9.53 Å². The van der Waals surface area contributed by atoms with Gasteiger partial charge in [-0.2, -0.15) is 0 Å². The molecule has 1 unspecified atom stereocenters. The third-order valence-electron chi connectivity index (χ3n) is 2.06. The second-order valence-electron chi connectivity index (χ2n) is 3.01. The Balaban J connectivity index is 2.34. The lowest BCUT2D eigenvalue weighted by Gasteiger charge is -2.09. The first-order chi connectivity index (χ1) is 4.75. The first-order valence-corrected chi connectivity index (χ1v) is 3.75. The molecular weight excluding hydrogens is 128 g/mol. The van der Waals surface area contributed by atoms with E-state index < -0.39 is 0 Å². The van der Waals surface area contributed by atoms with Crippen LogP contribution in [0.1, 0.15) is 19.8 Å². The summed E-state index contributed by atoms with van der Waals surface area (Å²) in [5.74, 6) is 1.10. The number of carbonyl (C=O) groups excluding carboxylic acids is 1. The predicted octanol–water partition coefficient (Wildman–Crippen LogP) is 1.25. The van der Waals surface area contributed by atoms with Crippen molar-refractivity contribution in [2.45, 2.75) is 19.8 Å². The van der Waals surface area contributed by atoms with Gasteiger partial charge in [-0.3, -0.25) is 4.79 Å². The molecule has 1 saturated carbocycles. The Morgan fingerprint density at radius 3 is 2.60 bits per heavy atom. The van der Waals surface area contributed by atoms with Crippen LogP contribution in [0.4, 0.5) is 0 Å². The summed E-state index contributed by atoms with van der Waals surface area (Å²) in [7, 11) is 1.65. The highest BCUT2D eigenvalue weighted by Crippen LogP contribution is 2.37. The van der Waals surface area contributed by atoms with Gasteiger partial charge in [0.05, 0.1) is 6.61 Å². The molecule has 1 fully saturated rings. The highest BCUT2D eigenvalue weighted by molar-refractivity contribution is 5.79. The molecule has 1 atom stereocenters. The highest BCUT2D eigenvalue weighted by Gasteiger charge is 2.33. The maximum Gasteiger partial charge on any atom is 0.135 e. The zero-order chi connectivity index (χ0) is 7.56. The molecule has 0 heterocycles. The Hall–Kier alpha value is -0.370. The molecule has 0 aromatic heterocycles. The van der Waals surface area contributed by atoms with Gasteiger partial charge in [-0.25, -0.2) is 0 Å². The van der Waals surface area contributed by atoms with Crippen molar-refractivity contribution in [1.82, 2.24) is 0 Å². The van der Waals surface area contributed by atoms with Crippen molar-refractivity contribution in [3.63, 3.8) is 0 Å². The Labute approximate surface area is 61.6 Å². The molecule has 0 N–H and O–H groups in total. The SMILES string of the molecule is COCC(C(C)=O)C1CC1. The lowest BCUT2D eigenvalue weighted by atomic mass is 10.0. The number of methoxy groups -OCH3 is 1. The summed E-state index contributed by atoms with van der Waals surface area (Å²) in [6.45, 7) is 2.27. The summed E-state index contributed by atoms with van der Waals surface area (Å²) < 4.78 is 4.95. The molecule has 2 nitrogen and oxygen atoms in total. The average molecular weight is 142 g/mol. The van der Waals surface area contributed by atoms with Gasteiger partial charge in [-0.1, -0.05) is 0 Å². The van der Waals surface area contributed by atoms with Gasteiger partial charge < -0.3 is 4.74 Å². The molecule has 1 aliphatic carbocycles. The average Bonchev–Trinajstić information content (AvgIpc) is 2.63. The minimum atomic E-state index is 0.185. The van der Waals surface area contributed by atoms with Crippen LogP contribution >= 0.6 is 0 Å². The number of hydrogen-bond acceptors (Lipinski definition) is 2. The van der Waals surface area contributed by atoms with Crippen molar-refractivity contribution in [3.05, 3.63) is 0 Å². The van der Waals surface area contributed by atoms with E-state index in [1.54, 1.807) is 14.0 Å². The summed E-state index contributed by atoms with van der Waals surface area (Å²) in [6.07, 6.45) is 2.43. The van der Waals surface area contributed by atoms with E-state index in [0.29, 0.717) is 12.5 Å². The van der Waals surface area contributed by atoms with Crippen molar-refractivity contribution in [2.24, 2.45) is 11.8 Å². The second kappa shape index (κ2) is 3.15. The Morgan fingerprint density at radius 1 is 1.70 bits per heavy atom. The molecule has 0 aromatic rings. The number of carbonyl (C=O) groups is 1. The molecule has 0 saturated heterocycles. The molecule has 0 amide bonds. The zero-order valence-corrected chi connectivity index (χ0v) is 6.59. The van der Waals surface area contributed by atoms with Crippen molar-refractivity contribution in [3.8, 4) is 0 Å². The summed E-state index contributed by atoms with van der Waals surface area (Å²) in [5.41, 5.74) is 0. The molecule has 0 aliphatic heterocycles. The van der Waals surface area contributed by atoms with Gasteiger partial charge in [0, 0.05) is 13.0 Å². The molecule has 1 aliphatic rings. The summed E-state index contributed by atoms with van der Waals surface area (Å²) >= 11 is 0. The quantitative estimate of drug-likeness (QED) is 0.590. The van der Waals surface area contributed by atoms with Gasteiger partial charge in [-0.05, 0) is 25.7 Å². The van der Waals surface area contributed by atoms with Crippen LogP contribution in [0.2, 0.25) is 0 Å². The third kappa shape index (κ3) is 1.81. The van der Waals surface area contributed by atoms with E-state index in [2.05, 4.69) is 0 Å². The van der Waals surface area contributed by atoms with Crippen molar-refractivity contribution >= 4 is 5.78 Å². The minimum absolute atomic E-state index is 0.185. The molecule has 58 valence electrons. The Bertz CT molecular complexity index is 127. The molecule has 0 bridgehead atoms. The lowest BCUT2D eigenvalue weighted by Crippen LogP contribution is -2.18. The van der Waals surface area contributed by atoms with Gasteiger partial charge in [0.1, 0.15) is 5.78 Å². The van der Waals surface area contributed by atoms with E-state index in [1.165, 1.54) is 12.8 Å². The number of ketones is 1. The van der Waals surface area contributed by atoms with E-state index in [9.17, 15) is 4.79 Å². The van der Waals surface area contributed by atoms with Gasteiger partial charge in [0.2, 0.25) is 0 Å². The number of ether oxygens (including phenoxy) is 1. The fourth-order valence-electron chi connectivity index (χ4n) is 1.26. The van der Waals surface area contributed by atoms with Crippen molar-refractivity contribution < 1.29 is 9.53 Å². The van der Waals surface area contributed by atoms with Crippen LogP contribution in [0, 0.1) is 11.8 Å². The van der Waals surface area contributed by atoms with Crippen LogP contribution in [0.15, 0.2) is 0 Å². The Kier molecular flexibility index (Phi) is 2.44. The zero-order valence-electron chi connectivity index (χ0n) is 6.59. The van der Waals surface area contributed by atoms with Gasteiger partial charge in [-0.15, -0.1) is 0 Å². The molecule has 2 heteroatoms. The number of hydrogen-bond donors (Lipinski definition) is 0. The fraction of sp³-hybridized carbons (Fsp3) is 0.875. The largest absolute Gasteiger partial charge is 0.384 e. The first kappa shape index (κ1) is 7.73. The minimum Gasteiger partial charge on any atom is -0.384 e.